The third-order valence-electron chi connectivity index (χ3n) is 2.68. The number of carbonyl (C=O) groups is 2. The van der Waals surface area contributed by atoms with Gasteiger partial charge in [0.05, 0.1) is 17.3 Å². The van der Waals surface area contributed by atoms with Gasteiger partial charge in [0.2, 0.25) is 0 Å². The molecule has 0 atom stereocenters. The number of benzene rings is 1. The van der Waals surface area contributed by atoms with Crippen LogP contribution in [-0.4, -0.2) is 22.0 Å². The monoisotopic (exact) mass is 243 g/mol. The van der Waals surface area contributed by atoms with Gasteiger partial charge in [-0.1, -0.05) is 0 Å². The Hall–Kier alpha value is -2.83. The molecule has 0 radical (unpaired) electrons. The van der Waals surface area contributed by atoms with Gasteiger partial charge in [-0.15, -0.1) is 0 Å². The summed E-state index contributed by atoms with van der Waals surface area (Å²) in [7, 11) is 0. The van der Waals surface area contributed by atoms with Crippen molar-refractivity contribution < 1.29 is 9.59 Å². The molecule has 0 saturated carbocycles. The Bertz CT molecular complexity index is 661. The number of hydrogen-bond donors (Lipinski definition) is 4. The fraction of sp³-hybridized carbons (Fsp3) is 0. The second-order valence-corrected chi connectivity index (χ2v) is 3.87. The fourth-order valence-corrected chi connectivity index (χ4v) is 1.80. The number of nitrogens with zero attached hydrogens (tertiary/aromatic N) is 1. The molecule has 7 heteroatoms. The number of nitrogens with one attached hydrogen (secondary N) is 3. The van der Waals surface area contributed by atoms with Crippen LogP contribution in [0.25, 0.3) is 0 Å². The summed E-state index contributed by atoms with van der Waals surface area (Å²) >= 11 is 0. The van der Waals surface area contributed by atoms with E-state index in [1.165, 1.54) is 6.20 Å². The molecule has 90 valence electrons. The van der Waals surface area contributed by atoms with E-state index in [2.05, 4.69) is 20.8 Å². The topological polar surface area (TPSA) is 113 Å². The van der Waals surface area contributed by atoms with Crippen molar-refractivity contribution in [2.45, 2.75) is 0 Å². The molecule has 0 aliphatic carbocycles. The van der Waals surface area contributed by atoms with Crippen molar-refractivity contribution >= 4 is 29.0 Å². The number of anilines is 3. The van der Waals surface area contributed by atoms with Gasteiger partial charge >= 0.3 is 0 Å². The van der Waals surface area contributed by atoms with Crippen LogP contribution < -0.4 is 16.4 Å². The highest BCUT2D eigenvalue weighted by Crippen LogP contribution is 2.24. The van der Waals surface area contributed by atoms with Crippen molar-refractivity contribution in [3.63, 3.8) is 0 Å². The Labute approximate surface area is 101 Å². The number of fused-ring (bicyclic) bond motifs is 1. The number of imide groups is 1. The van der Waals surface area contributed by atoms with Gasteiger partial charge in [0.25, 0.3) is 11.8 Å². The van der Waals surface area contributed by atoms with Crippen molar-refractivity contribution in [3.05, 3.63) is 35.5 Å². The van der Waals surface area contributed by atoms with Gasteiger partial charge < -0.3 is 11.1 Å². The normalized spacial score (nSPS) is 13.3. The Kier molecular flexibility index (Phi) is 2.06. The average Bonchev–Trinajstić information content (AvgIpc) is 2.86. The Morgan fingerprint density at radius 1 is 1.17 bits per heavy atom. The van der Waals surface area contributed by atoms with Gasteiger partial charge in [0.1, 0.15) is 11.5 Å². The molecule has 2 amide bonds. The molecule has 1 aliphatic rings. The lowest BCUT2D eigenvalue weighted by molar-refractivity contribution is 0.0879. The second-order valence-electron chi connectivity index (χ2n) is 3.87. The number of aromatic amines is 1. The zero-order valence-corrected chi connectivity index (χ0v) is 9.15. The summed E-state index contributed by atoms with van der Waals surface area (Å²) < 4.78 is 0. The van der Waals surface area contributed by atoms with E-state index in [0.717, 1.165) is 0 Å². The molecule has 0 fully saturated rings. The van der Waals surface area contributed by atoms with Gasteiger partial charge in [-0.25, -0.2) is 0 Å². The highest BCUT2D eigenvalue weighted by Gasteiger charge is 2.26. The molecule has 2 aromatic rings. The first-order valence-corrected chi connectivity index (χ1v) is 5.21. The van der Waals surface area contributed by atoms with Crippen LogP contribution >= 0.6 is 0 Å². The van der Waals surface area contributed by atoms with Gasteiger partial charge in [0.15, 0.2) is 0 Å². The predicted molar refractivity (Wildman–Crippen MR) is 64.5 cm³/mol. The molecule has 5 N–H and O–H groups in total. The van der Waals surface area contributed by atoms with E-state index in [-0.39, 0.29) is 11.8 Å². The minimum atomic E-state index is -0.390. The minimum absolute atomic E-state index is 0.354. The summed E-state index contributed by atoms with van der Waals surface area (Å²) in [6.07, 6.45) is 1.54. The highest BCUT2D eigenvalue weighted by atomic mass is 16.2. The van der Waals surface area contributed by atoms with Crippen LogP contribution in [0.15, 0.2) is 24.4 Å². The van der Waals surface area contributed by atoms with E-state index in [0.29, 0.717) is 28.3 Å². The Morgan fingerprint density at radius 3 is 2.67 bits per heavy atom. The van der Waals surface area contributed by atoms with E-state index in [1.807, 2.05) is 0 Å². The first-order chi connectivity index (χ1) is 8.65. The standard InChI is InChI=1S/C11H9N5O2/c12-9-8(4-13-16-9)14-5-1-2-6-7(3-5)11(18)15-10(6)17/h1-4,14H,(H3,12,13,16)(H,15,17,18). The number of hydrogen-bond acceptors (Lipinski definition) is 5. The van der Waals surface area contributed by atoms with Crippen LogP contribution in [0, 0.1) is 0 Å². The molecule has 1 aliphatic heterocycles. The lowest BCUT2D eigenvalue weighted by Gasteiger charge is -2.05. The third-order valence-corrected chi connectivity index (χ3v) is 2.68. The van der Waals surface area contributed by atoms with Gasteiger partial charge in [0, 0.05) is 5.69 Å². The molecule has 7 nitrogen and oxygen atoms in total. The predicted octanol–water partition coefficient (Wildman–Crippen LogP) is 0.619. The number of rotatable bonds is 2. The number of nitrogen functional groups attached to an aromatic ring is 1. The molecule has 3 rings (SSSR count). The highest BCUT2D eigenvalue weighted by molar-refractivity contribution is 6.21. The Morgan fingerprint density at radius 2 is 1.94 bits per heavy atom. The van der Waals surface area contributed by atoms with E-state index in [9.17, 15) is 9.59 Å². The van der Waals surface area contributed by atoms with Crippen LogP contribution in [0.3, 0.4) is 0 Å². The maximum Gasteiger partial charge on any atom is 0.259 e. The summed E-state index contributed by atoms with van der Waals surface area (Å²) in [5.74, 6) is -0.362. The summed E-state index contributed by atoms with van der Waals surface area (Å²) in [4.78, 5) is 22.9. The van der Waals surface area contributed by atoms with Gasteiger partial charge in [-0.2, -0.15) is 5.10 Å². The number of amides is 2. The first-order valence-electron chi connectivity index (χ1n) is 5.21. The molecule has 0 spiro atoms. The van der Waals surface area contributed by atoms with Crippen LogP contribution in [0.5, 0.6) is 0 Å². The lowest BCUT2D eigenvalue weighted by atomic mass is 10.1. The fourth-order valence-electron chi connectivity index (χ4n) is 1.80. The van der Waals surface area contributed by atoms with E-state index in [4.69, 9.17) is 5.73 Å². The van der Waals surface area contributed by atoms with Crippen molar-refractivity contribution in [1.29, 1.82) is 0 Å². The summed E-state index contributed by atoms with van der Waals surface area (Å²) in [6.45, 7) is 0. The lowest BCUT2D eigenvalue weighted by Crippen LogP contribution is -2.19. The zero-order chi connectivity index (χ0) is 12.7. The first kappa shape index (κ1) is 10.3. The van der Waals surface area contributed by atoms with Crippen LogP contribution in [0.2, 0.25) is 0 Å². The summed E-state index contributed by atoms with van der Waals surface area (Å²) in [5, 5.41) is 11.6. The molecular weight excluding hydrogens is 234 g/mol. The molecule has 0 unspecified atom stereocenters. The Balaban J connectivity index is 1.96. The number of carbonyl (C=O) groups excluding carboxylic acids is 2. The third kappa shape index (κ3) is 1.49. The van der Waals surface area contributed by atoms with Crippen molar-refractivity contribution in [3.8, 4) is 0 Å². The molecule has 18 heavy (non-hydrogen) atoms. The van der Waals surface area contributed by atoms with E-state index < -0.39 is 0 Å². The number of H-pyrrole nitrogens is 1. The molecule has 1 aromatic heterocycles. The van der Waals surface area contributed by atoms with Crippen molar-refractivity contribution in [2.75, 3.05) is 11.1 Å². The van der Waals surface area contributed by atoms with Gasteiger partial charge in [-0.3, -0.25) is 20.0 Å². The van der Waals surface area contributed by atoms with Crippen LogP contribution in [0.1, 0.15) is 20.7 Å². The molecule has 0 bridgehead atoms. The molecule has 2 heterocycles. The largest absolute Gasteiger partial charge is 0.382 e. The maximum atomic E-state index is 11.5. The average molecular weight is 243 g/mol. The van der Waals surface area contributed by atoms with Crippen LogP contribution in [0.4, 0.5) is 17.2 Å². The smallest absolute Gasteiger partial charge is 0.259 e. The SMILES string of the molecule is Nc1[nH]ncc1Nc1ccc2c(c1)C(=O)NC2=O. The molecular formula is C11H9N5O2. The molecule has 0 saturated heterocycles. The van der Waals surface area contributed by atoms with Crippen molar-refractivity contribution in [2.24, 2.45) is 0 Å². The quantitative estimate of drug-likeness (QED) is 0.577. The molecule has 1 aromatic carbocycles. The van der Waals surface area contributed by atoms with E-state index in [1.54, 1.807) is 18.2 Å². The van der Waals surface area contributed by atoms with E-state index >= 15 is 0 Å². The minimum Gasteiger partial charge on any atom is -0.382 e. The summed E-state index contributed by atoms with van der Waals surface area (Å²) in [6, 6.07) is 4.89. The van der Waals surface area contributed by atoms with Crippen molar-refractivity contribution in [1.82, 2.24) is 15.5 Å². The van der Waals surface area contributed by atoms with Crippen LogP contribution in [-0.2, 0) is 0 Å². The summed E-state index contributed by atoms with van der Waals surface area (Å²) in [5.41, 5.74) is 7.64. The number of aromatic nitrogens is 2. The second kappa shape index (κ2) is 3.59. The zero-order valence-electron chi connectivity index (χ0n) is 9.15. The number of nitrogens with two attached hydrogens (primary N) is 1. The van der Waals surface area contributed by atoms with Gasteiger partial charge in [-0.05, 0) is 18.2 Å². The maximum absolute atomic E-state index is 11.5.